The molecule has 1 fully saturated rings. The normalized spacial score (nSPS) is 19.1. The molecule has 0 bridgehead atoms. The van der Waals surface area contributed by atoms with Crippen LogP contribution in [0.5, 0.6) is 0 Å². The van der Waals surface area contributed by atoms with Crippen LogP contribution in [-0.2, 0) is 6.42 Å². The molecule has 1 unspecified atom stereocenters. The van der Waals surface area contributed by atoms with Crippen molar-refractivity contribution in [2.75, 3.05) is 18.0 Å². The van der Waals surface area contributed by atoms with Gasteiger partial charge in [0.25, 0.3) is 0 Å². The van der Waals surface area contributed by atoms with E-state index in [-0.39, 0.29) is 0 Å². The van der Waals surface area contributed by atoms with E-state index in [0.717, 1.165) is 31.0 Å². The minimum atomic E-state index is 0.628. The molecule has 1 atom stereocenters. The highest BCUT2D eigenvalue weighted by atomic mass is 15.2. The minimum absolute atomic E-state index is 0.628. The van der Waals surface area contributed by atoms with Gasteiger partial charge in [-0.2, -0.15) is 0 Å². The lowest BCUT2D eigenvalue weighted by molar-refractivity contribution is 0.576. The van der Waals surface area contributed by atoms with Gasteiger partial charge in [0.05, 0.1) is 11.9 Å². The summed E-state index contributed by atoms with van der Waals surface area (Å²) in [5.41, 5.74) is 1.07. The first-order chi connectivity index (χ1) is 8.92. The van der Waals surface area contributed by atoms with Crippen molar-refractivity contribution in [2.45, 2.75) is 12.8 Å². The summed E-state index contributed by atoms with van der Waals surface area (Å²) in [6.45, 7) is 2.07. The Bertz CT molecular complexity index is 487. The summed E-state index contributed by atoms with van der Waals surface area (Å²) in [6, 6.07) is 0. The second-order valence-electron chi connectivity index (χ2n) is 4.57. The number of anilines is 1. The summed E-state index contributed by atoms with van der Waals surface area (Å²) in [5, 5.41) is 0. The fourth-order valence-corrected chi connectivity index (χ4v) is 2.39. The van der Waals surface area contributed by atoms with Crippen LogP contribution in [0.4, 0.5) is 5.82 Å². The van der Waals surface area contributed by atoms with Gasteiger partial charge in [-0.25, -0.2) is 4.98 Å². The van der Waals surface area contributed by atoms with Crippen molar-refractivity contribution in [3.8, 4) is 0 Å². The van der Waals surface area contributed by atoms with E-state index >= 15 is 0 Å². The van der Waals surface area contributed by atoms with Gasteiger partial charge in [0.15, 0.2) is 0 Å². The summed E-state index contributed by atoms with van der Waals surface area (Å²) < 4.78 is 0. The lowest BCUT2D eigenvalue weighted by Crippen LogP contribution is -2.21. The third-order valence-corrected chi connectivity index (χ3v) is 3.27. The predicted molar refractivity (Wildman–Crippen MR) is 68.1 cm³/mol. The zero-order valence-electron chi connectivity index (χ0n) is 10.1. The summed E-state index contributed by atoms with van der Waals surface area (Å²) in [6.07, 6.45) is 12.8. The van der Waals surface area contributed by atoms with Gasteiger partial charge in [-0.05, 0) is 18.8 Å². The molecular weight excluding hydrogens is 226 g/mol. The maximum atomic E-state index is 4.34. The van der Waals surface area contributed by atoms with Gasteiger partial charge < -0.3 is 4.90 Å². The molecule has 2 aromatic rings. The number of hydrogen-bond acceptors (Lipinski definition) is 5. The second kappa shape index (κ2) is 5.08. The maximum absolute atomic E-state index is 4.34. The number of rotatable bonds is 3. The molecule has 0 radical (unpaired) electrons. The highest BCUT2D eigenvalue weighted by Crippen LogP contribution is 2.23. The fourth-order valence-electron chi connectivity index (χ4n) is 2.39. The smallest absolute Gasteiger partial charge is 0.147 e. The van der Waals surface area contributed by atoms with Crippen LogP contribution in [0.3, 0.4) is 0 Å². The number of aromatic nitrogens is 4. The second-order valence-corrected chi connectivity index (χ2v) is 4.57. The van der Waals surface area contributed by atoms with Crippen molar-refractivity contribution in [3.05, 3.63) is 42.9 Å². The predicted octanol–water partition coefficient (Wildman–Crippen LogP) is 1.34. The Kier molecular flexibility index (Phi) is 3.12. The average Bonchev–Trinajstić information content (AvgIpc) is 2.89. The van der Waals surface area contributed by atoms with E-state index in [1.807, 2.05) is 12.4 Å². The van der Waals surface area contributed by atoms with E-state index in [0.29, 0.717) is 5.92 Å². The molecule has 0 aromatic carbocycles. The van der Waals surface area contributed by atoms with Gasteiger partial charge in [0.1, 0.15) is 5.82 Å². The molecule has 92 valence electrons. The Labute approximate surface area is 106 Å². The van der Waals surface area contributed by atoms with E-state index in [1.54, 1.807) is 24.8 Å². The Hall–Kier alpha value is -2.04. The summed E-state index contributed by atoms with van der Waals surface area (Å²) in [4.78, 5) is 19.2. The molecule has 2 aromatic heterocycles. The average molecular weight is 241 g/mol. The van der Waals surface area contributed by atoms with Crippen LogP contribution >= 0.6 is 0 Å². The van der Waals surface area contributed by atoms with Gasteiger partial charge in [0, 0.05) is 44.1 Å². The quantitative estimate of drug-likeness (QED) is 0.811. The van der Waals surface area contributed by atoms with Crippen LogP contribution in [0.25, 0.3) is 0 Å². The van der Waals surface area contributed by atoms with E-state index in [9.17, 15) is 0 Å². The molecule has 3 heterocycles. The number of hydrogen-bond donors (Lipinski definition) is 0. The topological polar surface area (TPSA) is 54.8 Å². The molecular formula is C13H15N5. The first-order valence-electron chi connectivity index (χ1n) is 6.17. The molecule has 0 spiro atoms. The zero-order chi connectivity index (χ0) is 12.2. The van der Waals surface area contributed by atoms with Crippen LogP contribution in [0.15, 0.2) is 37.2 Å². The first kappa shape index (κ1) is 11.1. The Balaban J connectivity index is 1.62. The van der Waals surface area contributed by atoms with Crippen molar-refractivity contribution >= 4 is 5.82 Å². The molecule has 5 nitrogen and oxygen atoms in total. The minimum Gasteiger partial charge on any atom is -0.355 e. The first-order valence-corrected chi connectivity index (χ1v) is 6.17. The molecule has 18 heavy (non-hydrogen) atoms. The zero-order valence-corrected chi connectivity index (χ0v) is 10.1. The van der Waals surface area contributed by atoms with Crippen molar-refractivity contribution in [3.63, 3.8) is 0 Å². The Morgan fingerprint density at radius 3 is 2.61 bits per heavy atom. The highest BCUT2D eigenvalue weighted by molar-refractivity contribution is 5.36. The third-order valence-electron chi connectivity index (χ3n) is 3.27. The molecule has 0 N–H and O–H groups in total. The van der Waals surface area contributed by atoms with E-state index in [4.69, 9.17) is 0 Å². The van der Waals surface area contributed by atoms with Crippen molar-refractivity contribution in [1.29, 1.82) is 0 Å². The summed E-state index contributed by atoms with van der Waals surface area (Å²) >= 11 is 0. The molecule has 0 saturated carbocycles. The van der Waals surface area contributed by atoms with Gasteiger partial charge in [-0.1, -0.05) is 0 Å². The maximum Gasteiger partial charge on any atom is 0.147 e. The molecule has 1 saturated heterocycles. The van der Waals surface area contributed by atoms with Crippen molar-refractivity contribution < 1.29 is 0 Å². The van der Waals surface area contributed by atoms with Crippen LogP contribution in [0.2, 0.25) is 0 Å². The van der Waals surface area contributed by atoms with Crippen molar-refractivity contribution in [2.24, 2.45) is 5.92 Å². The third kappa shape index (κ3) is 2.45. The molecule has 5 heteroatoms. The van der Waals surface area contributed by atoms with Crippen LogP contribution < -0.4 is 4.90 Å². The largest absolute Gasteiger partial charge is 0.355 e. The highest BCUT2D eigenvalue weighted by Gasteiger charge is 2.23. The molecule has 0 aliphatic carbocycles. The van der Waals surface area contributed by atoms with E-state index in [2.05, 4.69) is 24.8 Å². The summed E-state index contributed by atoms with van der Waals surface area (Å²) in [7, 11) is 0. The van der Waals surface area contributed by atoms with Crippen LogP contribution in [0.1, 0.15) is 12.1 Å². The Morgan fingerprint density at radius 1 is 1.06 bits per heavy atom. The number of nitrogens with zero attached hydrogens (tertiary/aromatic N) is 5. The van der Waals surface area contributed by atoms with Crippen LogP contribution in [0, 0.1) is 5.92 Å². The Morgan fingerprint density at radius 2 is 1.89 bits per heavy atom. The van der Waals surface area contributed by atoms with Crippen molar-refractivity contribution in [1.82, 2.24) is 19.9 Å². The molecule has 1 aliphatic rings. The van der Waals surface area contributed by atoms with E-state index < -0.39 is 0 Å². The SMILES string of the molecule is c1cnc(CC2CCN(c3cnccn3)C2)cn1. The van der Waals surface area contributed by atoms with Gasteiger partial charge in [-0.15, -0.1) is 0 Å². The molecule has 3 rings (SSSR count). The lowest BCUT2D eigenvalue weighted by Gasteiger charge is -2.16. The molecule has 1 aliphatic heterocycles. The standard InChI is InChI=1S/C13H15N5/c1-6-18(13-9-15-3-5-17-13)10-11(1)7-12-8-14-2-4-16-12/h2-5,8-9,11H,1,6-7,10H2. The van der Waals surface area contributed by atoms with Crippen LogP contribution in [-0.4, -0.2) is 33.0 Å². The summed E-state index contributed by atoms with van der Waals surface area (Å²) in [5.74, 6) is 1.60. The van der Waals surface area contributed by atoms with Gasteiger partial charge in [0.2, 0.25) is 0 Å². The van der Waals surface area contributed by atoms with Gasteiger partial charge >= 0.3 is 0 Å². The van der Waals surface area contributed by atoms with Gasteiger partial charge in [-0.3, -0.25) is 15.0 Å². The molecule has 0 amide bonds. The van der Waals surface area contributed by atoms with E-state index in [1.165, 1.54) is 6.42 Å². The fraction of sp³-hybridized carbons (Fsp3) is 0.385. The monoisotopic (exact) mass is 241 g/mol. The lowest BCUT2D eigenvalue weighted by atomic mass is 10.0.